The molecule has 0 N–H and O–H groups in total. The quantitative estimate of drug-likeness (QED) is 0.641. The van der Waals surface area contributed by atoms with Gasteiger partial charge in [0.15, 0.2) is 5.76 Å². The van der Waals surface area contributed by atoms with E-state index in [2.05, 4.69) is 9.88 Å². The number of carbonyl (C=O) groups excluding carboxylic acids is 1. The van der Waals surface area contributed by atoms with Gasteiger partial charge in [0, 0.05) is 38.9 Å². The number of aromatic nitrogens is 1. The van der Waals surface area contributed by atoms with Crippen LogP contribution in [0.4, 0.5) is 4.39 Å². The third-order valence-electron chi connectivity index (χ3n) is 4.84. The van der Waals surface area contributed by atoms with Gasteiger partial charge in [-0.25, -0.2) is 4.39 Å². The van der Waals surface area contributed by atoms with Crippen molar-refractivity contribution in [3.05, 3.63) is 83.8 Å². The molecule has 2 aromatic heterocycles. The molecule has 0 atom stereocenters. The van der Waals surface area contributed by atoms with Gasteiger partial charge in [0.25, 0.3) is 5.91 Å². The minimum Gasteiger partial charge on any atom is -0.486 e. The van der Waals surface area contributed by atoms with Crippen LogP contribution >= 0.6 is 0 Å². The lowest BCUT2D eigenvalue weighted by molar-refractivity contribution is 0.0592. The number of halogens is 1. The number of amides is 1. The molecule has 0 aliphatic carbocycles. The highest BCUT2D eigenvalue weighted by Gasteiger charge is 2.24. The van der Waals surface area contributed by atoms with Crippen LogP contribution in [-0.2, 0) is 13.2 Å². The van der Waals surface area contributed by atoms with E-state index in [-0.39, 0.29) is 18.3 Å². The van der Waals surface area contributed by atoms with Gasteiger partial charge in [0.2, 0.25) is 0 Å². The number of hydrogen-bond acceptors (Lipinski definition) is 5. The standard InChI is InChI=1S/C22H22FN3O3/c23-17-4-6-19(7-5-17)28-16-20-8-9-21(29-20)22(27)26-13-11-25(12-14-26)15-18-3-1-2-10-24-18/h1-10H,11-16H2. The van der Waals surface area contributed by atoms with Gasteiger partial charge in [-0.3, -0.25) is 14.7 Å². The summed E-state index contributed by atoms with van der Waals surface area (Å²) < 4.78 is 24.1. The smallest absolute Gasteiger partial charge is 0.289 e. The zero-order chi connectivity index (χ0) is 20.1. The lowest BCUT2D eigenvalue weighted by atomic mass is 10.2. The molecule has 1 aliphatic heterocycles. The van der Waals surface area contributed by atoms with Crippen LogP contribution in [0.25, 0.3) is 0 Å². The largest absolute Gasteiger partial charge is 0.486 e. The molecule has 1 aliphatic rings. The van der Waals surface area contributed by atoms with Gasteiger partial charge in [-0.1, -0.05) is 6.07 Å². The van der Waals surface area contributed by atoms with Gasteiger partial charge >= 0.3 is 0 Å². The fourth-order valence-electron chi connectivity index (χ4n) is 3.24. The molecule has 1 amide bonds. The van der Waals surface area contributed by atoms with Crippen molar-refractivity contribution in [3.63, 3.8) is 0 Å². The van der Waals surface area contributed by atoms with Crippen LogP contribution in [0.15, 0.2) is 65.2 Å². The molecule has 0 saturated carbocycles. The van der Waals surface area contributed by atoms with Crippen molar-refractivity contribution in [2.24, 2.45) is 0 Å². The number of rotatable bonds is 6. The molecular weight excluding hydrogens is 373 g/mol. The van der Waals surface area contributed by atoms with Crippen molar-refractivity contribution in [1.82, 2.24) is 14.8 Å². The van der Waals surface area contributed by atoms with Crippen molar-refractivity contribution in [3.8, 4) is 5.75 Å². The zero-order valence-corrected chi connectivity index (χ0v) is 16.0. The van der Waals surface area contributed by atoms with Crippen molar-refractivity contribution < 1.29 is 18.3 Å². The van der Waals surface area contributed by atoms with E-state index in [0.29, 0.717) is 30.4 Å². The van der Waals surface area contributed by atoms with Gasteiger partial charge in [-0.05, 0) is 48.5 Å². The van der Waals surface area contributed by atoms with Crippen LogP contribution in [0.5, 0.6) is 5.75 Å². The molecule has 1 fully saturated rings. The fourth-order valence-corrected chi connectivity index (χ4v) is 3.24. The lowest BCUT2D eigenvalue weighted by Gasteiger charge is -2.34. The van der Waals surface area contributed by atoms with Crippen LogP contribution in [0.1, 0.15) is 22.0 Å². The van der Waals surface area contributed by atoms with Gasteiger partial charge in [-0.15, -0.1) is 0 Å². The van der Waals surface area contributed by atoms with E-state index < -0.39 is 0 Å². The number of piperazine rings is 1. The summed E-state index contributed by atoms with van der Waals surface area (Å²) >= 11 is 0. The predicted molar refractivity (Wildman–Crippen MR) is 105 cm³/mol. The normalized spacial score (nSPS) is 14.7. The first kappa shape index (κ1) is 19.1. The number of carbonyl (C=O) groups is 1. The highest BCUT2D eigenvalue weighted by Crippen LogP contribution is 2.17. The second kappa shape index (κ2) is 8.87. The van der Waals surface area contributed by atoms with Crippen LogP contribution < -0.4 is 4.74 Å². The zero-order valence-electron chi connectivity index (χ0n) is 16.0. The second-order valence-corrected chi connectivity index (χ2v) is 6.90. The Bertz CT molecular complexity index is 935. The SMILES string of the molecule is O=C(c1ccc(COc2ccc(F)cc2)o1)N1CCN(Cc2ccccn2)CC1. The molecule has 6 nitrogen and oxygen atoms in total. The lowest BCUT2D eigenvalue weighted by Crippen LogP contribution is -2.48. The average molecular weight is 395 g/mol. The van der Waals surface area contributed by atoms with Crippen LogP contribution in [-0.4, -0.2) is 46.9 Å². The first-order valence-electron chi connectivity index (χ1n) is 9.56. The van der Waals surface area contributed by atoms with Gasteiger partial charge in [0.05, 0.1) is 5.69 Å². The Morgan fingerprint density at radius 2 is 1.83 bits per heavy atom. The molecular formula is C22H22FN3O3. The predicted octanol–water partition coefficient (Wildman–Crippen LogP) is 3.35. The third kappa shape index (κ3) is 5.00. The first-order valence-corrected chi connectivity index (χ1v) is 9.56. The molecule has 0 unspecified atom stereocenters. The molecule has 3 aromatic rings. The Balaban J connectivity index is 1.27. The van der Waals surface area contributed by atoms with Gasteiger partial charge < -0.3 is 14.1 Å². The molecule has 0 radical (unpaired) electrons. The van der Waals surface area contributed by atoms with Crippen LogP contribution in [0.3, 0.4) is 0 Å². The summed E-state index contributed by atoms with van der Waals surface area (Å²) in [6.07, 6.45) is 1.80. The molecule has 0 spiro atoms. The van der Waals surface area contributed by atoms with E-state index in [0.717, 1.165) is 25.3 Å². The van der Waals surface area contributed by atoms with Gasteiger partial charge in [-0.2, -0.15) is 0 Å². The van der Waals surface area contributed by atoms with Crippen molar-refractivity contribution in [1.29, 1.82) is 0 Å². The number of hydrogen-bond donors (Lipinski definition) is 0. The fraction of sp³-hybridized carbons (Fsp3) is 0.273. The maximum Gasteiger partial charge on any atom is 0.289 e. The molecule has 0 bridgehead atoms. The average Bonchev–Trinajstić information content (AvgIpc) is 3.23. The van der Waals surface area contributed by atoms with E-state index in [1.54, 1.807) is 35.4 Å². The molecule has 4 rings (SSSR count). The number of furan rings is 1. The van der Waals surface area contributed by atoms with E-state index in [4.69, 9.17) is 9.15 Å². The highest BCUT2D eigenvalue weighted by atomic mass is 19.1. The third-order valence-corrected chi connectivity index (χ3v) is 4.84. The summed E-state index contributed by atoms with van der Waals surface area (Å²) in [7, 11) is 0. The van der Waals surface area contributed by atoms with E-state index >= 15 is 0 Å². The van der Waals surface area contributed by atoms with E-state index in [1.165, 1.54) is 12.1 Å². The Hall–Kier alpha value is -3.19. The number of ether oxygens (including phenoxy) is 1. The molecule has 1 aromatic carbocycles. The van der Waals surface area contributed by atoms with Crippen LogP contribution in [0.2, 0.25) is 0 Å². The minimum atomic E-state index is -0.316. The molecule has 29 heavy (non-hydrogen) atoms. The van der Waals surface area contributed by atoms with Crippen LogP contribution in [0, 0.1) is 5.82 Å². The second-order valence-electron chi connectivity index (χ2n) is 6.90. The summed E-state index contributed by atoms with van der Waals surface area (Å²) in [5.74, 6) is 0.964. The number of benzene rings is 1. The highest BCUT2D eigenvalue weighted by molar-refractivity contribution is 5.91. The number of pyridine rings is 1. The monoisotopic (exact) mass is 395 g/mol. The first-order chi connectivity index (χ1) is 14.2. The van der Waals surface area contributed by atoms with Crippen molar-refractivity contribution >= 4 is 5.91 Å². The maximum absolute atomic E-state index is 12.9. The molecule has 1 saturated heterocycles. The number of nitrogens with zero attached hydrogens (tertiary/aromatic N) is 3. The van der Waals surface area contributed by atoms with E-state index in [9.17, 15) is 9.18 Å². The van der Waals surface area contributed by atoms with Crippen molar-refractivity contribution in [2.45, 2.75) is 13.2 Å². The molecule has 150 valence electrons. The Morgan fingerprint density at radius 3 is 2.55 bits per heavy atom. The Labute approximate surface area is 168 Å². The maximum atomic E-state index is 12.9. The summed E-state index contributed by atoms with van der Waals surface area (Å²) in [6, 6.07) is 15.1. The van der Waals surface area contributed by atoms with E-state index in [1.807, 2.05) is 18.2 Å². The summed E-state index contributed by atoms with van der Waals surface area (Å²) in [5.41, 5.74) is 1.03. The van der Waals surface area contributed by atoms with Gasteiger partial charge in [0.1, 0.15) is 23.9 Å². The summed E-state index contributed by atoms with van der Waals surface area (Å²) in [4.78, 5) is 21.2. The minimum absolute atomic E-state index is 0.115. The Morgan fingerprint density at radius 1 is 1.03 bits per heavy atom. The Kier molecular flexibility index (Phi) is 5.86. The molecule has 7 heteroatoms. The topological polar surface area (TPSA) is 58.8 Å². The van der Waals surface area contributed by atoms with Crippen molar-refractivity contribution in [2.75, 3.05) is 26.2 Å². The summed E-state index contributed by atoms with van der Waals surface area (Å²) in [5, 5.41) is 0. The summed E-state index contributed by atoms with van der Waals surface area (Å²) in [6.45, 7) is 3.85. The molecule has 3 heterocycles.